The number of aromatic nitrogens is 1. The number of aromatic hydroxyl groups is 1. The van der Waals surface area contributed by atoms with Gasteiger partial charge in [-0.1, -0.05) is 42.5 Å². The molecule has 0 unspecified atom stereocenters. The first-order chi connectivity index (χ1) is 15.4. The van der Waals surface area contributed by atoms with Crippen molar-refractivity contribution in [2.45, 2.75) is 13.5 Å². The van der Waals surface area contributed by atoms with Gasteiger partial charge >= 0.3 is 0 Å². The number of benzene rings is 3. The number of fused-ring (bicyclic) bond motifs is 1. The van der Waals surface area contributed by atoms with Crippen LogP contribution in [0.1, 0.15) is 23.6 Å². The second-order valence-electron chi connectivity index (χ2n) is 7.24. The van der Waals surface area contributed by atoms with Gasteiger partial charge in [-0.3, -0.25) is 14.9 Å². The molecular weight excluding hydrogens is 408 g/mol. The van der Waals surface area contributed by atoms with E-state index in [1.54, 1.807) is 6.07 Å². The molecule has 0 aliphatic rings. The smallest absolute Gasteiger partial charge is 0.270 e. The van der Waals surface area contributed by atoms with E-state index in [-0.39, 0.29) is 17.5 Å². The minimum atomic E-state index is -0.472. The molecule has 0 atom stereocenters. The number of hydrogen-bond donors (Lipinski definition) is 3. The zero-order chi connectivity index (χ0) is 22.7. The van der Waals surface area contributed by atoms with Crippen LogP contribution in [0.3, 0.4) is 0 Å². The highest BCUT2D eigenvalue weighted by atomic mass is 16.6. The second-order valence-corrected chi connectivity index (χ2v) is 7.24. The number of hydrogen-bond acceptors (Lipinski definition) is 5. The number of amides is 1. The normalized spacial score (nSPS) is 11.5. The number of aromatic amines is 1. The number of nitro groups is 1. The van der Waals surface area contributed by atoms with E-state index in [4.69, 9.17) is 4.99 Å². The molecular formula is C24H20N4O4. The average Bonchev–Trinajstić information content (AvgIpc) is 3.12. The van der Waals surface area contributed by atoms with E-state index in [1.807, 2.05) is 54.6 Å². The van der Waals surface area contributed by atoms with Crippen LogP contribution in [0.25, 0.3) is 10.9 Å². The average molecular weight is 428 g/mol. The summed E-state index contributed by atoms with van der Waals surface area (Å²) in [6, 6.07) is 21.0. The maximum Gasteiger partial charge on any atom is 0.270 e. The van der Waals surface area contributed by atoms with Crippen molar-refractivity contribution in [1.82, 2.24) is 10.3 Å². The highest BCUT2D eigenvalue weighted by Crippen LogP contribution is 2.33. The Hall–Kier alpha value is -4.46. The lowest BCUT2D eigenvalue weighted by Gasteiger charge is -2.08. The molecule has 4 rings (SSSR count). The van der Waals surface area contributed by atoms with Gasteiger partial charge in [-0.05, 0) is 23.8 Å². The third-order valence-electron chi connectivity index (χ3n) is 4.98. The highest BCUT2D eigenvalue weighted by molar-refractivity contribution is 6.22. The maximum absolute atomic E-state index is 11.3. The Labute approximate surface area is 183 Å². The molecule has 3 N–H and O–H groups in total. The van der Waals surface area contributed by atoms with Gasteiger partial charge in [-0.2, -0.15) is 0 Å². The predicted octanol–water partition coefficient (Wildman–Crippen LogP) is 4.59. The Morgan fingerprint density at radius 3 is 2.47 bits per heavy atom. The van der Waals surface area contributed by atoms with E-state index in [2.05, 4.69) is 10.3 Å². The first-order valence-corrected chi connectivity index (χ1v) is 9.89. The number of aliphatic imine (C=N–C) groups is 1. The number of nitrogens with zero attached hydrogens (tertiary/aromatic N) is 2. The van der Waals surface area contributed by atoms with Crippen molar-refractivity contribution >= 4 is 33.9 Å². The molecule has 1 amide bonds. The molecule has 0 bridgehead atoms. The molecule has 0 saturated heterocycles. The van der Waals surface area contributed by atoms with Crippen LogP contribution >= 0.6 is 0 Å². The summed E-state index contributed by atoms with van der Waals surface area (Å²) in [6.07, 6.45) is 0. The summed E-state index contributed by atoms with van der Waals surface area (Å²) in [5.41, 5.74) is 3.66. The fourth-order valence-corrected chi connectivity index (χ4v) is 3.42. The molecule has 0 aliphatic heterocycles. The van der Waals surface area contributed by atoms with Crippen molar-refractivity contribution < 1.29 is 14.8 Å². The van der Waals surface area contributed by atoms with Crippen molar-refractivity contribution in [2.24, 2.45) is 4.99 Å². The minimum absolute atomic E-state index is 0.0764. The molecule has 0 spiro atoms. The zero-order valence-corrected chi connectivity index (χ0v) is 17.2. The topological polar surface area (TPSA) is 121 Å². The van der Waals surface area contributed by atoms with Crippen molar-refractivity contribution in [3.8, 4) is 5.88 Å². The van der Waals surface area contributed by atoms with E-state index >= 15 is 0 Å². The first-order valence-electron chi connectivity index (χ1n) is 9.89. The van der Waals surface area contributed by atoms with E-state index in [9.17, 15) is 20.0 Å². The lowest BCUT2D eigenvalue weighted by Crippen LogP contribution is -2.18. The van der Waals surface area contributed by atoms with Gasteiger partial charge in [0.25, 0.3) is 5.69 Å². The van der Waals surface area contributed by atoms with Crippen molar-refractivity contribution in [1.29, 1.82) is 0 Å². The summed E-state index contributed by atoms with van der Waals surface area (Å²) < 4.78 is 0. The molecule has 160 valence electrons. The molecule has 1 aromatic heterocycles. The predicted molar refractivity (Wildman–Crippen MR) is 122 cm³/mol. The first kappa shape index (κ1) is 20.8. The van der Waals surface area contributed by atoms with Crippen LogP contribution in [0.4, 0.5) is 11.4 Å². The number of rotatable bonds is 6. The number of nitro benzene ring substituents is 1. The van der Waals surface area contributed by atoms with Crippen LogP contribution in [0.2, 0.25) is 0 Å². The molecule has 0 radical (unpaired) electrons. The monoisotopic (exact) mass is 428 g/mol. The van der Waals surface area contributed by atoms with Gasteiger partial charge in [0, 0.05) is 42.1 Å². The Kier molecular flexibility index (Phi) is 5.67. The molecule has 0 saturated carbocycles. The maximum atomic E-state index is 11.3. The highest BCUT2D eigenvalue weighted by Gasteiger charge is 2.20. The molecule has 0 aliphatic carbocycles. The van der Waals surface area contributed by atoms with Gasteiger partial charge in [0.15, 0.2) is 5.88 Å². The molecule has 8 nitrogen and oxygen atoms in total. The molecule has 0 fully saturated rings. The van der Waals surface area contributed by atoms with Crippen LogP contribution in [0, 0.1) is 10.1 Å². The van der Waals surface area contributed by atoms with Gasteiger partial charge in [0.1, 0.15) is 0 Å². The van der Waals surface area contributed by atoms with Crippen molar-refractivity contribution in [3.05, 3.63) is 99.6 Å². The summed E-state index contributed by atoms with van der Waals surface area (Å²) in [6.45, 7) is 1.88. The molecule has 32 heavy (non-hydrogen) atoms. The standard InChI is InChI=1S/C24H20N4O4/c1-15(29)25-14-16-7-9-18(10-8-16)26-23(17-5-3-2-4-6-17)22-20-13-19(28(31)32)11-12-21(20)27-24(22)30/h2-13,27,30H,14H2,1H3,(H,25,29). The van der Waals surface area contributed by atoms with Gasteiger partial charge in [-0.25, -0.2) is 4.99 Å². The summed E-state index contributed by atoms with van der Waals surface area (Å²) in [5.74, 6) is -0.229. The number of carbonyl (C=O) groups is 1. The zero-order valence-electron chi connectivity index (χ0n) is 17.2. The third kappa shape index (κ3) is 4.34. The lowest BCUT2D eigenvalue weighted by molar-refractivity contribution is -0.384. The van der Waals surface area contributed by atoms with Crippen LogP contribution in [-0.2, 0) is 11.3 Å². The molecule has 8 heteroatoms. The largest absolute Gasteiger partial charge is 0.494 e. The second kappa shape index (κ2) is 8.73. The number of nitrogens with one attached hydrogen (secondary N) is 2. The summed E-state index contributed by atoms with van der Waals surface area (Å²) in [5, 5.41) is 25.2. The Bertz CT molecular complexity index is 1330. The van der Waals surface area contributed by atoms with Gasteiger partial charge in [0.2, 0.25) is 5.91 Å². The van der Waals surface area contributed by atoms with E-state index in [1.165, 1.54) is 19.1 Å². The Morgan fingerprint density at radius 1 is 1.09 bits per heavy atom. The van der Waals surface area contributed by atoms with Gasteiger partial charge in [0.05, 0.1) is 21.9 Å². The van der Waals surface area contributed by atoms with Crippen LogP contribution in [0.15, 0.2) is 77.8 Å². The fourth-order valence-electron chi connectivity index (χ4n) is 3.42. The van der Waals surface area contributed by atoms with Crippen molar-refractivity contribution in [3.63, 3.8) is 0 Å². The minimum Gasteiger partial charge on any atom is -0.494 e. The van der Waals surface area contributed by atoms with E-state index < -0.39 is 4.92 Å². The van der Waals surface area contributed by atoms with Crippen LogP contribution in [-0.4, -0.2) is 26.6 Å². The number of H-pyrrole nitrogens is 1. The van der Waals surface area contributed by atoms with E-state index in [0.717, 1.165) is 11.1 Å². The van der Waals surface area contributed by atoms with E-state index in [0.29, 0.717) is 34.4 Å². The Morgan fingerprint density at radius 2 is 1.81 bits per heavy atom. The van der Waals surface area contributed by atoms with Gasteiger partial charge in [-0.15, -0.1) is 0 Å². The van der Waals surface area contributed by atoms with Crippen LogP contribution < -0.4 is 5.32 Å². The molecule has 3 aromatic carbocycles. The third-order valence-corrected chi connectivity index (χ3v) is 4.98. The van der Waals surface area contributed by atoms with Gasteiger partial charge < -0.3 is 15.4 Å². The molecule has 1 heterocycles. The quantitative estimate of drug-likeness (QED) is 0.236. The summed E-state index contributed by atoms with van der Waals surface area (Å²) >= 11 is 0. The van der Waals surface area contributed by atoms with Crippen LogP contribution in [0.5, 0.6) is 5.88 Å². The summed E-state index contributed by atoms with van der Waals surface area (Å²) in [4.78, 5) is 29.6. The fraction of sp³-hybridized carbons (Fsp3) is 0.0833. The lowest BCUT2D eigenvalue weighted by atomic mass is 10.0. The Balaban J connectivity index is 1.84. The molecule has 4 aromatic rings. The number of non-ortho nitro benzene ring substituents is 1. The summed E-state index contributed by atoms with van der Waals surface area (Å²) in [7, 11) is 0. The van der Waals surface area contributed by atoms with Crippen molar-refractivity contribution in [2.75, 3.05) is 0 Å². The SMILES string of the molecule is CC(=O)NCc1ccc(N=C(c2ccccc2)c2c(O)[nH]c3ccc([N+](=O)[O-])cc23)cc1. The number of carbonyl (C=O) groups excluding carboxylic acids is 1.